The quantitative estimate of drug-likeness (QED) is 0.615. The molecule has 6 nitrogen and oxygen atoms in total. The number of benzene rings is 2. The van der Waals surface area contributed by atoms with Crippen molar-refractivity contribution in [2.75, 3.05) is 6.54 Å². The molecule has 0 aromatic heterocycles. The van der Waals surface area contributed by atoms with Crippen LogP contribution in [0, 0.1) is 0 Å². The Hall–Kier alpha value is -2.86. The Kier molecular flexibility index (Phi) is 7.82. The van der Waals surface area contributed by atoms with E-state index < -0.39 is 11.9 Å². The number of amides is 2. The Morgan fingerprint density at radius 1 is 1.04 bits per heavy atom. The predicted octanol–water partition coefficient (Wildman–Crippen LogP) is 2.66. The standard InChI is InChI=1S/C20H21ClN2O4/c21-16-8-4-7-15(12-16)20(27)22-13-18(24)23-17(9-10-19(25)26)11-14-5-2-1-3-6-14/h1-8,12,17H,9-11,13H2,(H,22,27)(H,23,24)(H,25,26). The van der Waals surface area contributed by atoms with Gasteiger partial charge in [0.15, 0.2) is 0 Å². The molecule has 0 saturated heterocycles. The van der Waals surface area contributed by atoms with E-state index in [0.29, 0.717) is 23.4 Å². The van der Waals surface area contributed by atoms with Gasteiger partial charge in [-0.15, -0.1) is 0 Å². The molecule has 0 saturated carbocycles. The van der Waals surface area contributed by atoms with Gasteiger partial charge in [0, 0.05) is 23.0 Å². The van der Waals surface area contributed by atoms with Gasteiger partial charge in [0.25, 0.3) is 5.91 Å². The SMILES string of the molecule is O=C(O)CCC(Cc1ccccc1)NC(=O)CNC(=O)c1cccc(Cl)c1. The van der Waals surface area contributed by atoms with E-state index in [2.05, 4.69) is 10.6 Å². The number of halogens is 1. The smallest absolute Gasteiger partial charge is 0.303 e. The number of carbonyl (C=O) groups is 3. The van der Waals surface area contributed by atoms with Crippen LogP contribution in [0.15, 0.2) is 54.6 Å². The summed E-state index contributed by atoms with van der Waals surface area (Å²) in [7, 11) is 0. The number of aliphatic carboxylic acids is 1. The number of hydrogen-bond acceptors (Lipinski definition) is 3. The van der Waals surface area contributed by atoms with Crippen LogP contribution < -0.4 is 10.6 Å². The van der Waals surface area contributed by atoms with Crippen molar-refractivity contribution in [2.24, 2.45) is 0 Å². The summed E-state index contributed by atoms with van der Waals surface area (Å²) >= 11 is 5.85. The second-order valence-electron chi connectivity index (χ2n) is 6.08. The van der Waals surface area contributed by atoms with Crippen molar-refractivity contribution in [3.8, 4) is 0 Å². The summed E-state index contributed by atoms with van der Waals surface area (Å²) in [5, 5.41) is 14.7. The van der Waals surface area contributed by atoms with E-state index in [0.717, 1.165) is 5.56 Å². The van der Waals surface area contributed by atoms with E-state index in [1.807, 2.05) is 30.3 Å². The summed E-state index contributed by atoms with van der Waals surface area (Å²) < 4.78 is 0. The Morgan fingerprint density at radius 3 is 2.44 bits per heavy atom. The minimum Gasteiger partial charge on any atom is -0.481 e. The fourth-order valence-electron chi connectivity index (χ4n) is 2.59. The molecule has 0 aliphatic rings. The summed E-state index contributed by atoms with van der Waals surface area (Å²) in [6.07, 6.45) is 0.771. The Balaban J connectivity index is 1.89. The number of carboxylic acid groups (broad SMARTS) is 1. The number of carbonyl (C=O) groups excluding carboxylic acids is 2. The van der Waals surface area contributed by atoms with Gasteiger partial charge in [0.1, 0.15) is 0 Å². The lowest BCUT2D eigenvalue weighted by atomic mass is 10.0. The molecule has 27 heavy (non-hydrogen) atoms. The van der Waals surface area contributed by atoms with Gasteiger partial charge >= 0.3 is 5.97 Å². The van der Waals surface area contributed by atoms with Gasteiger partial charge in [0.2, 0.25) is 5.91 Å². The van der Waals surface area contributed by atoms with Crippen molar-refractivity contribution in [1.82, 2.24) is 10.6 Å². The molecule has 0 bridgehead atoms. The lowest BCUT2D eigenvalue weighted by molar-refractivity contribution is -0.137. The van der Waals surface area contributed by atoms with Gasteiger partial charge in [-0.05, 0) is 36.6 Å². The lowest BCUT2D eigenvalue weighted by Crippen LogP contribution is -2.43. The zero-order valence-corrected chi connectivity index (χ0v) is 15.4. The minimum absolute atomic E-state index is 0.0490. The maximum atomic E-state index is 12.2. The summed E-state index contributed by atoms with van der Waals surface area (Å²) in [4.78, 5) is 35.1. The fraction of sp³-hybridized carbons (Fsp3) is 0.250. The third-order valence-corrected chi connectivity index (χ3v) is 4.13. The summed E-state index contributed by atoms with van der Waals surface area (Å²) in [5.74, 6) is -1.70. The van der Waals surface area contributed by atoms with Gasteiger partial charge in [-0.1, -0.05) is 48.0 Å². The van der Waals surface area contributed by atoms with Crippen LogP contribution in [0.3, 0.4) is 0 Å². The van der Waals surface area contributed by atoms with E-state index in [4.69, 9.17) is 16.7 Å². The predicted molar refractivity (Wildman–Crippen MR) is 103 cm³/mol. The highest BCUT2D eigenvalue weighted by Gasteiger charge is 2.16. The molecule has 2 aromatic rings. The molecular formula is C20H21ClN2O4. The van der Waals surface area contributed by atoms with Crippen molar-refractivity contribution in [2.45, 2.75) is 25.3 Å². The van der Waals surface area contributed by atoms with E-state index >= 15 is 0 Å². The van der Waals surface area contributed by atoms with Crippen LogP contribution in [-0.4, -0.2) is 35.5 Å². The molecule has 1 unspecified atom stereocenters. The third-order valence-electron chi connectivity index (χ3n) is 3.89. The van der Waals surface area contributed by atoms with Gasteiger partial charge in [-0.25, -0.2) is 0 Å². The maximum Gasteiger partial charge on any atom is 0.303 e. The first-order valence-corrected chi connectivity index (χ1v) is 8.90. The van der Waals surface area contributed by atoms with E-state index in [1.54, 1.807) is 18.2 Å². The first-order valence-electron chi connectivity index (χ1n) is 8.53. The molecule has 7 heteroatoms. The average molecular weight is 389 g/mol. The van der Waals surface area contributed by atoms with Crippen LogP contribution in [0.2, 0.25) is 5.02 Å². The van der Waals surface area contributed by atoms with Crippen LogP contribution in [0.25, 0.3) is 0 Å². The largest absolute Gasteiger partial charge is 0.481 e. The molecule has 0 aliphatic heterocycles. The van der Waals surface area contributed by atoms with E-state index in [1.165, 1.54) is 6.07 Å². The van der Waals surface area contributed by atoms with Gasteiger partial charge in [-0.2, -0.15) is 0 Å². The molecule has 3 N–H and O–H groups in total. The topological polar surface area (TPSA) is 95.5 Å². The first kappa shape index (κ1) is 20.5. The van der Waals surface area contributed by atoms with Crippen LogP contribution in [-0.2, 0) is 16.0 Å². The Morgan fingerprint density at radius 2 is 1.78 bits per heavy atom. The zero-order valence-electron chi connectivity index (χ0n) is 14.7. The van der Waals surface area contributed by atoms with Crippen LogP contribution >= 0.6 is 11.6 Å². The monoisotopic (exact) mass is 388 g/mol. The molecule has 2 amide bonds. The normalized spacial score (nSPS) is 11.4. The highest BCUT2D eigenvalue weighted by Crippen LogP contribution is 2.10. The Labute approximate surface area is 162 Å². The van der Waals surface area contributed by atoms with Gasteiger partial charge in [-0.3, -0.25) is 14.4 Å². The number of rotatable bonds is 9. The number of carboxylic acids is 1. The van der Waals surface area contributed by atoms with Crippen molar-refractivity contribution >= 4 is 29.4 Å². The molecule has 0 radical (unpaired) electrons. The van der Waals surface area contributed by atoms with Crippen LogP contribution in [0.5, 0.6) is 0 Å². The number of nitrogens with one attached hydrogen (secondary N) is 2. The molecule has 0 spiro atoms. The minimum atomic E-state index is -0.920. The number of hydrogen-bond donors (Lipinski definition) is 3. The highest BCUT2D eigenvalue weighted by molar-refractivity contribution is 6.30. The van der Waals surface area contributed by atoms with Crippen molar-refractivity contribution in [1.29, 1.82) is 0 Å². The van der Waals surface area contributed by atoms with Crippen LogP contribution in [0.4, 0.5) is 0 Å². The van der Waals surface area contributed by atoms with Crippen molar-refractivity contribution < 1.29 is 19.5 Å². The summed E-state index contributed by atoms with van der Waals surface area (Å²) in [6, 6.07) is 15.6. The summed E-state index contributed by atoms with van der Waals surface area (Å²) in [5.41, 5.74) is 1.36. The fourth-order valence-corrected chi connectivity index (χ4v) is 2.78. The second-order valence-corrected chi connectivity index (χ2v) is 6.52. The van der Waals surface area contributed by atoms with E-state index in [9.17, 15) is 14.4 Å². The van der Waals surface area contributed by atoms with Gasteiger partial charge in [0.05, 0.1) is 6.54 Å². The van der Waals surface area contributed by atoms with Crippen LogP contribution in [0.1, 0.15) is 28.8 Å². The molecular weight excluding hydrogens is 368 g/mol. The lowest BCUT2D eigenvalue weighted by Gasteiger charge is -2.18. The first-order chi connectivity index (χ1) is 12.9. The highest BCUT2D eigenvalue weighted by atomic mass is 35.5. The second kappa shape index (κ2) is 10.3. The molecule has 1 atom stereocenters. The molecule has 0 heterocycles. The molecule has 0 fully saturated rings. The zero-order chi connectivity index (χ0) is 19.6. The average Bonchev–Trinajstić information content (AvgIpc) is 2.65. The van der Waals surface area contributed by atoms with E-state index in [-0.39, 0.29) is 24.9 Å². The maximum absolute atomic E-state index is 12.2. The Bertz CT molecular complexity index is 796. The van der Waals surface area contributed by atoms with Crippen molar-refractivity contribution in [3.05, 3.63) is 70.7 Å². The molecule has 142 valence electrons. The molecule has 2 rings (SSSR count). The summed E-state index contributed by atoms with van der Waals surface area (Å²) in [6.45, 7) is -0.205. The van der Waals surface area contributed by atoms with Crippen molar-refractivity contribution in [3.63, 3.8) is 0 Å². The third kappa shape index (κ3) is 7.50. The van der Waals surface area contributed by atoms with Gasteiger partial charge < -0.3 is 15.7 Å². The molecule has 0 aliphatic carbocycles. The molecule has 2 aromatic carbocycles.